The van der Waals surface area contributed by atoms with E-state index in [0.29, 0.717) is 5.56 Å². The maximum Gasteiger partial charge on any atom is 0.145 e. The van der Waals surface area contributed by atoms with Gasteiger partial charge in [0.1, 0.15) is 11.4 Å². The number of benzene rings is 7. The predicted octanol–water partition coefficient (Wildman–Crippen LogP) is 11.3. The van der Waals surface area contributed by atoms with E-state index in [4.69, 9.17) is 9.40 Å². The van der Waals surface area contributed by atoms with Crippen LogP contribution in [0.2, 0.25) is 0 Å². The molecule has 1 spiro atoms. The molecule has 2 heterocycles. The van der Waals surface area contributed by atoms with Crippen LogP contribution < -0.4 is 0 Å². The Morgan fingerprint density at radius 1 is 0.569 bits per heavy atom. The van der Waals surface area contributed by atoms with Crippen LogP contribution in [-0.4, -0.2) is 9.55 Å². The number of imidazole rings is 1. The van der Waals surface area contributed by atoms with Crippen molar-refractivity contribution < 1.29 is 4.42 Å². The highest BCUT2D eigenvalue weighted by Crippen LogP contribution is 2.64. The fourth-order valence-corrected chi connectivity index (χ4v) is 8.89. The van der Waals surface area contributed by atoms with Crippen molar-refractivity contribution >= 4 is 22.0 Å². The van der Waals surface area contributed by atoms with Crippen molar-refractivity contribution in [2.24, 2.45) is 0 Å². The second kappa shape index (κ2) is 10.3. The molecular weight excluding hydrogens is 623 g/mol. The molecule has 1 atom stereocenters. The summed E-state index contributed by atoms with van der Waals surface area (Å²) in [7, 11) is 0. The van der Waals surface area contributed by atoms with Gasteiger partial charge in [-0.3, -0.25) is 4.57 Å². The van der Waals surface area contributed by atoms with Crippen molar-refractivity contribution in [3.8, 4) is 56.5 Å². The van der Waals surface area contributed by atoms with E-state index in [9.17, 15) is 5.26 Å². The van der Waals surface area contributed by atoms with Crippen molar-refractivity contribution in [1.29, 1.82) is 5.26 Å². The van der Waals surface area contributed by atoms with E-state index < -0.39 is 5.41 Å². The molecule has 0 N–H and O–H groups in total. The SMILES string of the molecule is N#Cc1ccc(-c2coc3ccc4c(c23)-c2ccccc2C42c3ccccc3-c3ccc(-c4nc5ccccc5n4-c4ccccc4)cc32)cc1. The third kappa shape index (κ3) is 3.64. The number of nitriles is 1. The first kappa shape index (κ1) is 27.9. The van der Waals surface area contributed by atoms with Crippen molar-refractivity contribution in [1.82, 2.24) is 9.55 Å². The molecular formula is C47H27N3O. The lowest BCUT2D eigenvalue weighted by atomic mass is 9.70. The van der Waals surface area contributed by atoms with Crippen LogP contribution in [0.3, 0.4) is 0 Å². The normalized spacial score (nSPS) is 15.1. The van der Waals surface area contributed by atoms with Gasteiger partial charge in [-0.05, 0) is 98.6 Å². The standard InChI is InChI=1S/C47H27N3O/c48-27-29-18-20-30(21-19-29)36-28-51-43-25-24-39-44(45(36)43)35-13-5-7-15-38(35)47(39)37-14-6-4-12-33(37)34-23-22-31(26-40(34)47)46-49-41-16-8-9-17-42(41)50(46)32-10-2-1-3-11-32/h1-26,28H. The molecule has 9 aromatic rings. The van der Waals surface area contributed by atoms with Gasteiger partial charge in [0.05, 0.1) is 34.3 Å². The lowest BCUT2D eigenvalue weighted by Gasteiger charge is -2.30. The Bertz CT molecular complexity index is 2920. The monoisotopic (exact) mass is 649 g/mol. The molecule has 2 aliphatic rings. The molecule has 0 aliphatic heterocycles. The highest BCUT2D eigenvalue weighted by Gasteiger charge is 2.52. The highest BCUT2D eigenvalue weighted by atomic mass is 16.3. The fraction of sp³-hybridized carbons (Fsp3) is 0.0213. The van der Waals surface area contributed by atoms with E-state index in [-0.39, 0.29) is 0 Å². The van der Waals surface area contributed by atoms with Crippen LogP contribution in [-0.2, 0) is 5.41 Å². The van der Waals surface area contributed by atoms with Gasteiger partial charge in [-0.15, -0.1) is 0 Å². The topological polar surface area (TPSA) is 54.8 Å². The molecule has 1 unspecified atom stereocenters. The number of rotatable bonds is 3. The average Bonchev–Trinajstić information content (AvgIpc) is 3.95. The van der Waals surface area contributed by atoms with Crippen molar-refractivity contribution in [3.63, 3.8) is 0 Å². The van der Waals surface area contributed by atoms with Crippen LogP contribution in [0.25, 0.3) is 72.5 Å². The summed E-state index contributed by atoms with van der Waals surface area (Å²) in [4.78, 5) is 5.26. The first-order valence-electron chi connectivity index (χ1n) is 17.2. The fourth-order valence-electron chi connectivity index (χ4n) is 8.89. The van der Waals surface area contributed by atoms with E-state index in [1.807, 2.05) is 30.5 Å². The summed E-state index contributed by atoms with van der Waals surface area (Å²) in [5.41, 5.74) is 17.1. The van der Waals surface area contributed by atoms with Gasteiger partial charge in [0.15, 0.2) is 0 Å². The summed E-state index contributed by atoms with van der Waals surface area (Å²) in [6.45, 7) is 0. The third-order valence-electron chi connectivity index (χ3n) is 10.9. The largest absolute Gasteiger partial charge is 0.464 e. The summed E-state index contributed by atoms with van der Waals surface area (Å²) in [5, 5.41) is 10.6. The molecule has 0 radical (unpaired) electrons. The summed E-state index contributed by atoms with van der Waals surface area (Å²) < 4.78 is 8.55. The highest BCUT2D eigenvalue weighted by molar-refractivity contribution is 6.10. The summed E-state index contributed by atoms with van der Waals surface area (Å²) in [5.74, 6) is 0.913. The van der Waals surface area contributed by atoms with Crippen LogP contribution in [0.1, 0.15) is 27.8 Å². The Kier molecular flexibility index (Phi) is 5.63. The third-order valence-corrected chi connectivity index (χ3v) is 10.9. The van der Waals surface area contributed by atoms with Crippen LogP contribution in [0.5, 0.6) is 0 Å². The minimum Gasteiger partial charge on any atom is -0.464 e. The molecule has 2 aliphatic carbocycles. The molecule has 4 nitrogen and oxygen atoms in total. The number of para-hydroxylation sites is 3. The van der Waals surface area contributed by atoms with Crippen LogP contribution in [0.15, 0.2) is 168 Å². The second-order valence-corrected chi connectivity index (χ2v) is 13.4. The quantitative estimate of drug-likeness (QED) is 0.191. The molecule has 11 rings (SSSR count). The predicted molar refractivity (Wildman–Crippen MR) is 203 cm³/mol. The molecule has 0 amide bonds. The Morgan fingerprint density at radius 3 is 2.08 bits per heavy atom. The smallest absolute Gasteiger partial charge is 0.145 e. The zero-order valence-corrected chi connectivity index (χ0v) is 27.3. The number of fused-ring (bicyclic) bond motifs is 13. The lowest BCUT2D eigenvalue weighted by molar-refractivity contribution is 0.617. The molecule has 51 heavy (non-hydrogen) atoms. The van der Waals surface area contributed by atoms with Gasteiger partial charge in [-0.1, -0.05) is 109 Å². The van der Waals surface area contributed by atoms with Crippen LogP contribution >= 0.6 is 0 Å². The summed E-state index contributed by atoms with van der Waals surface area (Å²) in [6, 6.07) is 58.0. The van der Waals surface area contributed by atoms with Gasteiger partial charge >= 0.3 is 0 Å². The lowest BCUT2D eigenvalue weighted by Crippen LogP contribution is -2.25. The van der Waals surface area contributed by atoms with Gasteiger partial charge in [-0.2, -0.15) is 5.26 Å². The molecule has 0 bridgehead atoms. The Hall–Kier alpha value is -6.96. The van der Waals surface area contributed by atoms with E-state index in [2.05, 4.69) is 144 Å². The molecule has 0 saturated heterocycles. The molecule has 2 aromatic heterocycles. The summed E-state index contributed by atoms with van der Waals surface area (Å²) >= 11 is 0. The first-order valence-corrected chi connectivity index (χ1v) is 17.2. The van der Waals surface area contributed by atoms with E-state index >= 15 is 0 Å². The van der Waals surface area contributed by atoms with Crippen LogP contribution in [0.4, 0.5) is 0 Å². The molecule has 236 valence electrons. The zero-order valence-electron chi connectivity index (χ0n) is 27.3. The number of hydrogen-bond donors (Lipinski definition) is 0. The number of furan rings is 1. The van der Waals surface area contributed by atoms with Crippen LogP contribution in [0, 0.1) is 11.3 Å². The average molecular weight is 650 g/mol. The van der Waals surface area contributed by atoms with Gasteiger partial charge in [-0.25, -0.2) is 4.98 Å². The maximum atomic E-state index is 9.47. The van der Waals surface area contributed by atoms with Gasteiger partial charge < -0.3 is 4.42 Å². The Morgan fingerprint density at radius 2 is 1.25 bits per heavy atom. The minimum atomic E-state index is -0.551. The maximum absolute atomic E-state index is 9.47. The Balaban J connectivity index is 1.23. The molecule has 7 aromatic carbocycles. The molecule has 0 fully saturated rings. The van der Waals surface area contributed by atoms with Gasteiger partial charge in [0.2, 0.25) is 0 Å². The van der Waals surface area contributed by atoms with Crippen molar-refractivity contribution in [2.45, 2.75) is 5.41 Å². The van der Waals surface area contributed by atoms with E-state index in [0.717, 1.165) is 50.2 Å². The molecule has 4 heteroatoms. The summed E-state index contributed by atoms with van der Waals surface area (Å²) in [6.07, 6.45) is 1.86. The second-order valence-electron chi connectivity index (χ2n) is 13.4. The Labute approximate surface area is 294 Å². The number of hydrogen-bond acceptors (Lipinski definition) is 3. The number of aromatic nitrogens is 2. The minimum absolute atomic E-state index is 0.551. The van der Waals surface area contributed by atoms with Crippen molar-refractivity contribution in [3.05, 3.63) is 192 Å². The zero-order chi connectivity index (χ0) is 33.7. The van der Waals surface area contributed by atoms with Gasteiger partial charge in [0.25, 0.3) is 0 Å². The van der Waals surface area contributed by atoms with E-state index in [1.54, 1.807) is 0 Å². The van der Waals surface area contributed by atoms with E-state index in [1.165, 1.54) is 44.5 Å². The van der Waals surface area contributed by atoms with Crippen molar-refractivity contribution in [2.75, 3.05) is 0 Å². The first-order chi connectivity index (χ1) is 25.3. The molecule has 0 saturated carbocycles. The van der Waals surface area contributed by atoms with Gasteiger partial charge in [0, 0.05) is 22.2 Å². The number of nitrogens with zero attached hydrogens (tertiary/aromatic N) is 3.